The van der Waals surface area contributed by atoms with E-state index in [0.717, 1.165) is 30.5 Å². The van der Waals surface area contributed by atoms with Gasteiger partial charge in [-0.25, -0.2) is 4.99 Å². The van der Waals surface area contributed by atoms with Gasteiger partial charge in [0.15, 0.2) is 11.8 Å². The van der Waals surface area contributed by atoms with Gasteiger partial charge in [-0.15, -0.1) is 16.8 Å². The molecule has 0 aromatic carbocycles. The summed E-state index contributed by atoms with van der Waals surface area (Å²) in [6.07, 6.45) is 8.27. The topological polar surface area (TPSA) is 67.1 Å². The van der Waals surface area contributed by atoms with Gasteiger partial charge in [0, 0.05) is 19.6 Å². The summed E-state index contributed by atoms with van der Waals surface area (Å²) in [5.41, 5.74) is 0. The van der Waals surface area contributed by atoms with Crippen LogP contribution in [0.15, 0.2) is 29.8 Å². The van der Waals surface area contributed by atoms with Crippen molar-refractivity contribution in [3.8, 4) is 0 Å². The first-order valence-electron chi connectivity index (χ1n) is 6.86. The zero-order valence-corrected chi connectivity index (χ0v) is 12.1. The van der Waals surface area contributed by atoms with Crippen LogP contribution in [0.5, 0.6) is 0 Å². The first kappa shape index (κ1) is 14.3. The maximum absolute atomic E-state index is 4.56. The van der Waals surface area contributed by atoms with Gasteiger partial charge in [0.2, 0.25) is 0 Å². The highest BCUT2D eigenvalue weighted by Crippen LogP contribution is 2.08. The van der Waals surface area contributed by atoms with Crippen molar-refractivity contribution in [1.82, 2.24) is 25.4 Å². The number of hydrogen-bond acceptors (Lipinski definition) is 3. The molecule has 0 fully saturated rings. The predicted molar refractivity (Wildman–Crippen MR) is 80.4 cm³/mol. The largest absolute Gasteiger partial charge is 0.353 e. The second kappa shape index (κ2) is 6.88. The second-order valence-corrected chi connectivity index (χ2v) is 4.84. The first-order valence-corrected chi connectivity index (χ1v) is 6.86. The van der Waals surface area contributed by atoms with Crippen molar-refractivity contribution in [2.45, 2.75) is 32.4 Å². The molecule has 0 bridgehead atoms. The summed E-state index contributed by atoms with van der Waals surface area (Å²) in [5.74, 6) is 2.54. The quantitative estimate of drug-likeness (QED) is 0.479. The smallest absolute Gasteiger partial charge is 0.192 e. The van der Waals surface area contributed by atoms with E-state index in [9.17, 15) is 0 Å². The molecular weight excluding hydrogens is 252 g/mol. The van der Waals surface area contributed by atoms with Gasteiger partial charge in [-0.05, 0) is 19.8 Å². The first-order chi connectivity index (χ1) is 9.70. The van der Waals surface area contributed by atoms with Crippen LogP contribution >= 0.6 is 0 Å². The summed E-state index contributed by atoms with van der Waals surface area (Å²) in [5, 5.41) is 14.8. The molecule has 2 rings (SSSR count). The molecule has 2 N–H and O–H groups in total. The molecule has 6 nitrogen and oxygen atoms in total. The lowest BCUT2D eigenvalue weighted by Crippen LogP contribution is -2.42. The van der Waals surface area contributed by atoms with Crippen LogP contribution in [-0.2, 0) is 13.6 Å². The van der Waals surface area contributed by atoms with Crippen molar-refractivity contribution in [2.75, 3.05) is 6.54 Å². The fourth-order valence-electron chi connectivity index (χ4n) is 1.99. The third-order valence-corrected chi connectivity index (χ3v) is 3.32. The number of aryl methyl sites for hydroxylation is 1. The summed E-state index contributed by atoms with van der Waals surface area (Å²) in [4.78, 5) is 4.56. The minimum Gasteiger partial charge on any atom is -0.353 e. The molecule has 1 heterocycles. The molecule has 0 amide bonds. The van der Waals surface area contributed by atoms with Crippen LogP contribution < -0.4 is 10.6 Å². The lowest BCUT2D eigenvalue weighted by atomic mass is 10.2. The highest BCUT2D eigenvalue weighted by molar-refractivity contribution is 5.80. The van der Waals surface area contributed by atoms with E-state index in [-0.39, 0.29) is 0 Å². The molecule has 6 heteroatoms. The van der Waals surface area contributed by atoms with Crippen LogP contribution in [0.25, 0.3) is 0 Å². The maximum Gasteiger partial charge on any atom is 0.192 e. The average molecular weight is 274 g/mol. The Morgan fingerprint density at radius 1 is 1.50 bits per heavy atom. The van der Waals surface area contributed by atoms with Gasteiger partial charge in [0.05, 0.1) is 0 Å². The van der Waals surface area contributed by atoms with E-state index in [4.69, 9.17) is 0 Å². The summed E-state index contributed by atoms with van der Waals surface area (Å²) in [7, 11) is 1.95. The molecule has 20 heavy (non-hydrogen) atoms. The van der Waals surface area contributed by atoms with E-state index in [1.165, 1.54) is 0 Å². The molecule has 0 atom stereocenters. The van der Waals surface area contributed by atoms with Crippen molar-refractivity contribution in [3.63, 3.8) is 0 Å². The van der Waals surface area contributed by atoms with Crippen molar-refractivity contribution in [3.05, 3.63) is 36.5 Å². The minimum atomic E-state index is 0.423. The van der Waals surface area contributed by atoms with Crippen LogP contribution in [-0.4, -0.2) is 33.3 Å². The summed E-state index contributed by atoms with van der Waals surface area (Å²) in [6, 6.07) is 0.423. The second-order valence-electron chi connectivity index (χ2n) is 4.84. The highest BCUT2D eigenvalue weighted by atomic mass is 15.3. The van der Waals surface area contributed by atoms with Gasteiger partial charge in [-0.1, -0.05) is 18.2 Å². The zero-order chi connectivity index (χ0) is 14.4. The summed E-state index contributed by atoms with van der Waals surface area (Å²) >= 11 is 0. The Labute approximate surface area is 119 Å². The van der Waals surface area contributed by atoms with Crippen molar-refractivity contribution < 1.29 is 0 Å². The number of guanidine groups is 1. The molecule has 0 spiro atoms. The van der Waals surface area contributed by atoms with E-state index < -0.39 is 0 Å². The Balaban J connectivity index is 1.98. The Kier molecular flexibility index (Phi) is 4.92. The van der Waals surface area contributed by atoms with E-state index in [1.807, 2.05) is 24.6 Å². The molecule has 1 aromatic rings. The molecule has 0 unspecified atom stereocenters. The molecule has 1 aromatic heterocycles. The molecule has 1 aliphatic rings. The van der Waals surface area contributed by atoms with Gasteiger partial charge >= 0.3 is 0 Å². The van der Waals surface area contributed by atoms with E-state index >= 15 is 0 Å². The van der Waals surface area contributed by atoms with Gasteiger partial charge in [-0.2, -0.15) is 0 Å². The van der Waals surface area contributed by atoms with Crippen LogP contribution in [0, 0.1) is 6.92 Å². The minimum absolute atomic E-state index is 0.423. The lowest BCUT2D eigenvalue weighted by Gasteiger charge is -2.16. The highest BCUT2D eigenvalue weighted by Gasteiger charge is 2.12. The fraction of sp³-hybridized carbons (Fsp3) is 0.500. The molecule has 0 radical (unpaired) electrons. The normalized spacial score (nSPS) is 15.6. The SMILES string of the molecule is C=CCNC(=NCc1nnc(C)n1C)NC1CC=CC1. The van der Waals surface area contributed by atoms with E-state index in [2.05, 4.69) is 44.6 Å². The molecule has 0 aliphatic heterocycles. The Bertz CT molecular complexity index is 506. The van der Waals surface area contributed by atoms with Crippen LogP contribution in [0.2, 0.25) is 0 Å². The molecule has 0 saturated carbocycles. The van der Waals surface area contributed by atoms with Crippen LogP contribution in [0.1, 0.15) is 24.5 Å². The van der Waals surface area contributed by atoms with Crippen LogP contribution in [0.4, 0.5) is 0 Å². The number of aromatic nitrogens is 3. The fourth-order valence-corrected chi connectivity index (χ4v) is 1.99. The zero-order valence-electron chi connectivity index (χ0n) is 12.1. The van der Waals surface area contributed by atoms with Crippen molar-refractivity contribution in [1.29, 1.82) is 0 Å². The third kappa shape index (κ3) is 3.69. The summed E-state index contributed by atoms with van der Waals surface area (Å²) in [6.45, 7) is 6.83. The third-order valence-electron chi connectivity index (χ3n) is 3.32. The van der Waals surface area contributed by atoms with E-state index in [1.54, 1.807) is 0 Å². The van der Waals surface area contributed by atoms with Crippen molar-refractivity contribution >= 4 is 5.96 Å². The number of aliphatic imine (C=N–C) groups is 1. The molecular formula is C14H22N6. The van der Waals surface area contributed by atoms with Crippen molar-refractivity contribution in [2.24, 2.45) is 12.0 Å². The lowest BCUT2D eigenvalue weighted by molar-refractivity contribution is 0.633. The van der Waals surface area contributed by atoms with Gasteiger partial charge in [0.1, 0.15) is 12.4 Å². The monoisotopic (exact) mass is 274 g/mol. The van der Waals surface area contributed by atoms with Gasteiger partial charge in [-0.3, -0.25) is 0 Å². The molecule has 0 saturated heterocycles. The van der Waals surface area contributed by atoms with E-state index in [0.29, 0.717) is 19.1 Å². The Morgan fingerprint density at radius 2 is 2.25 bits per heavy atom. The average Bonchev–Trinajstić information content (AvgIpc) is 3.06. The Morgan fingerprint density at radius 3 is 2.85 bits per heavy atom. The Hall–Kier alpha value is -2.11. The van der Waals surface area contributed by atoms with Gasteiger partial charge < -0.3 is 15.2 Å². The van der Waals surface area contributed by atoms with Crippen LogP contribution in [0.3, 0.4) is 0 Å². The predicted octanol–water partition coefficient (Wildman–Crippen LogP) is 1.06. The molecule has 108 valence electrons. The maximum atomic E-state index is 4.56. The summed E-state index contributed by atoms with van der Waals surface area (Å²) < 4.78 is 1.95. The number of rotatable bonds is 5. The standard InChI is InChI=1S/C14H22N6/c1-4-9-15-14(17-12-7-5-6-8-12)16-10-13-19-18-11(2)20(13)3/h4-6,12H,1,7-10H2,2-3H3,(H2,15,16,17). The van der Waals surface area contributed by atoms with Gasteiger partial charge in [0.25, 0.3) is 0 Å². The molecule has 1 aliphatic carbocycles. The number of nitrogens with zero attached hydrogens (tertiary/aromatic N) is 4. The number of hydrogen-bond donors (Lipinski definition) is 2. The number of nitrogens with one attached hydrogen (secondary N) is 2.